The lowest BCUT2D eigenvalue weighted by atomic mass is 9.92. The van der Waals surface area contributed by atoms with Crippen LogP contribution in [-0.2, 0) is 6.42 Å². The molecule has 0 unspecified atom stereocenters. The molecule has 1 heterocycles. The van der Waals surface area contributed by atoms with Gasteiger partial charge in [0.25, 0.3) is 0 Å². The van der Waals surface area contributed by atoms with Crippen molar-refractivity contribution >= 4 is 5.71 Å². The second-order valence-corrected chi connectivity index (χ2v) is 5.04. The lowest BCUT2D eigenvalue weighted by Gasteiger charge is -2.16. The number of benzene rings is 2. The third kappa shape index (κ3) is 2.73. The second-order valence-electron chi connectivity index (χ2n) is 5.04. The van der Waals surface area contributed by atoms with Crippen molar-refractivity contribution in [3.63, 3.8) is 0 Å². The van der Waals surface area contributed by atoms with Gasteiger partial charge in [-0.2, -0.15) is 0 Å². The summed E-state index contributed by atoms with van der Waals surface area (Å²) in [5, 5.41) is 0. The molecule has 0 amide bonds. The first-order valence-corrected chi connectivity index (χ1v) is 6.49. The van der Waals surface area contributed by atoms with Crippen LogP contribution in [0.25, 0.3) is 0 Å². The van der Waals surface area contributed by atoms with Gasteiger partial charge >= 0.3 is 0 Å². The molecule has 0 radical (unpaired) electrons. The Hall–Kier alpha value is -1.16. The number of nitrogens with zero attached hydrogens (tertiary/aromatic N) is 1. The highest BCUT2D eigenvalue weighted by atomic mass is 127. The molecule has 1 nitrogen and oxygen atoms in total. The van der Waals surface area contributed by atoms with Gasteiger partial charge in [-0.3, -0.25) is 0 Å². The summed E-state index contributed by atoms with van der Waals surface area (Å²) >= 11 is 0. The molecule has 1 aliphatic heterocycles. The molecule has 0 atom stereocenters. The molecule has 0 bridgehead atoms. The predicted octanol–water partition coefficient (Wildman–Crippen LogP) is 0.0348. The Balaban J connectivity index is 0.00000133. The Bertz CT molecular complexity index is 611. The van der Waals surface area contributed by atoms with Crippen LogP contribution >= 0.6 is 0 Å². The molecule has 0 aromatic heterocycles. The first-order chi connectivity index (χ1) is 8.75. The van der Waals surface area contributed by atoms with Crippen LogP contribution in [0.15, 0.2) is 48.5 Å². The van der Waals surface area contributed by atoms with E-state index >= 15 is 0 Å². The van der Waals surface area contributed by atoms with Crippen molar-refractivity contribution in [2.45, 2.75) is 13.3 Å². The van der Waals surface area contributed by atoms with E-state index in [1.54, 1.807) is 0 Å². The number of likely N-dealkylation sites (N-methyl/N-ethyl adjacent to an activating group) is 1. The van der Waals surface area contributed by atoms with Crippen LogP contribution in [0.4, 0.5) is 0 Å². The van der Waals surface area contributed by atoms with Crippen molar-refractivity contribution in [2.75, 3.05) is 13.6 Å². The molecule has 3 rings (SSSR count). The largest absolute Gasteiger partial charge is 1.00 e. The lowest BCUT2D eigenvalue weighted by Crippen LogP contribution is -3.00. The topological polar surface area (TPSA) is 3.01 Å². The first-order valence-electron chi connectivity index (χ1n) is 6.49. The number of rotatable bonds is 1. The summed E-state index contributed by atoms with van der Waals surface area (Å²) in [5.74, 6) is 0. The van der Waals surface area contributed by atoms with Gasteiger partial charge in [-0.15, -0.1) is 0 Å². The van der Waals surface area contributed by atoms with Crippen molar-refractivity contribution in [3.8, 4) is 0 Å². The fraction of sp³-hybridized carbons (Fsp3) is 0.235. The molecule has 0 fully saturated rings. The fourth-order valence-electron chi connectivity index (χ4n) is 2.66. The number of hydrogen-bond acceptors (Lipinski definition) is 0. The van der Waals surface area contributed by atoms with E-state index < -0.39 is 0 Å². The highest BCUT2D eigenvalue weighted by Gasteiger charge is 2.23. The SMILES string of the molecule is Cc1ccc(C2=[N+](C)CCc3ccccc32)cc1.[I-]. The summed E-state index contributed by atoms with van der Waals surface area (Å²) in [5.41, 5.74) is 6.83. The number of fused-ring (bicyclic) bond motifs is 1. The summed E-state index contributed by atoms with van der Waals surface area (Å²) in [6.45, 7) is 3.23. The zero-order valence-corrected chi connectivity index (χ0v) is 13.5. The molecule has 0 aliphatic carbocycles. The number of aryl methyl sites for hydroxylation is 1. The maximum atomic E-state index is 2.37. The van der Waals surface area contributed by atoms with Crippen molar-refractivity contribution in [2.24, 2.45) is 0 Å². The minimum Gasteiger partial charge on any atom is -1.00 e. The molecule has 19 heavy (non-hydrogen) atoms. The molecule has 0 N–H and O–H groups in total. The van der Waals surface area contributed by atoms with Crippen LogP contribution in [0.2, 0.25) is 0 Å². The van der Waals surface area contributed by atoms with Crippen LogP contribution in [0.1, 0.15) is 22.3 Å². The van der Waals surface area contributed by atoms with Crippen molar-refractivity contribution in [1.29, 1.82) is 0 Å². The van der Waals surface area contributed by atoms with Gasteiger partial charge in [-0.1, -0.05) is 35.9 Å². The zero-order valence-electron chi connectivity index (χ0n) is 11.4. The standard InChI is InChI=1S/C17H18N.HI/c1-13-7-9-15(10-8-13)17-16-6-4-3-5-14(16)11-12-18(17)2;/h3-10H,11-12H2,1-2H3;1H/q+1;/p-1. The minimum atomic E-state index is 0. The van der Waals surface area contributed by atoms with Crippen molar-refractivity contribution < 1.29 is 28.6 Å². The van der Waals surface area contributed by atoms with Gasteiger partial charge < -0.3 is 24.0 Å². The second kappa shape index (κ2) is 5.87. The third-order valence-electron chi connectivity index (χ3n) is 3.70. The molecule has 0 saturated heterocycles. The molecule has 0 saturated carbocycles. The minimum absolute atomic E-state index is 0. The van der Waals surface area contributed by atoms with E-state index in [1.807, 2.05) is 0 Å². The normalized spacial score (nSPS) is 13.8. The van der Waals surface area contributed by atoms with Gasteiger partial charge in [0.15, 0.2) is 0 Å². The predicted molar refractivity (Wildman–Crippen MR) is 75.6 cm³/mol. The Morgan fingerprint density at radius 3 is 2.37 bits per heavy atom. The molecule has 2 aromatic rings. The average molecular weight is 363 g/mol. The fourth-order valence-corrected chi connectivity index (χ4v) is 2.66. The summed E-state index contributed by atoms with van der Waals surface area (Å²) in [4.78, 5) is 0. The van der Waals surface area contributed by atoms with E-state index in [0.29, 0.717) is 0 Å². The number of hydrogen-bond donors (Lipinski definition) is 0. The van der Waals surface area contributed by atoms with Crippen LogP contribution < -0.4 is 24.0 Å². The van der Waals surface area contributed by atoms with E-state index in [4.69, 9.17) is 0 Å². The van der Waals surface area contributed by atoms with Crippen molar-refractivity contribution in [3.05, 3.63) is 70.8 Å². The van der Waals surface area contributed by atoms with E-state index in [0.717, 1.165) is 13.0 Å². The van der Waals surface area contributed by atoms with E-state index in [1.165, 1.54) is 28.0 Å². The summed E-state index contributed by atoms with van der Waals surface area (Å²) < 4.78 is 2.37. The lowest BCUT2D eigenvalue weighted by molar-refractivity contribution is -0.497. The van der Waals surface area contributed by atoms with Gasteiger partial charge in [0.2, 0.25) is 5.71 Å². The molecule has 98 valence electrons. The third-order valence-corrected chi connectivity index (χ3v) is 3.70. The molecular formula is C17H18IN. The maximum Gasteiger partial charge on any atom is 0.214 e. The first kappa shape index (κ1) is 14.3. The highest BCUT2D eigenvalue weighted by molar-refractivity contribution is 6.10. The Morgan fingerprint density at radius 1 is 0.947 bits per heavy atom. The van der Waals surface area contributed by atoms with Gasteiger partial charge in [-0.25, -0.2) is 4.58 Å². The summed E-state index contributed by atoms with van der Waals surface area (Å²) in [6.07, 6.45) is 1.14. The Labute approximate surface area is 132 Å². The molecule has 0 spiro atoms. The van der Waals surface area contributed by atoms with E-state index in [-0.39, 0.29) is 24.0 Å². The Morgan fingerprint density at radius 2 is 1.63 bits per heavy atom. The van der Waals surface area contributed by atoms with Gasteiger partial charge in [-0.05, 0) is 30.7 Å². The van der Waals surface area contributed by atoms with E-state index in [2.05, 4.69) is 67.1 Å². The smallest absolute Gasteiger partial charge is 0.214 e. The van der Waals surface area contributed by atoms with Crippen LogP contribution in [-0.4, -0.2) is 23.9 Å². The molecule has 2 aromatic carbocycles. The zero-order chi connectivity index (χ0) is 12.5. The maximum absolute atomic E-state index is 2.37. The van der Waals surface area contributed by atoms with E-state index in [9.17, 15) is 0 Å². The van der Waals surface area contributed by atoms with Crippen LogP contribution in [0.3, 0.4) is 0 Å². The van der Waals surface area contributed by atoms with Gasteiger partial charge in [0, 0.05) is 17.5 Å². The van der Waals surface area contributed by atoms with Gasteiger partial charge in [0.05, 0.1) is 0 Å². The molecule has 1 aliphatic rings. The quantitative estimate of drug-likeness (QED) is 0.497. The summed E-state index contributed by atoms with van der Waals surface area (Å²) in [7, 11) is 2.19. The average Bonchev–Trinajstić information content (AvgIpc) is 2.40. The highest BCUT2D eigenvalue weighted by Crippen LogP contribution is 2.19. The molecular weight excluding hydrogens is 345 g/mol. The molecule has 2 heteroatoms. The van der Waals surface area contributed by atoms with Crippen molar-refractivity contribution in [1.82, 2.24) is 0 Å². The Kier molecular flexibility index (Phi) is 4.40. The van der Waals surface area contributed by atoms with Crippen LogP contribution in [0.5, 0.6) is 0 Å². The number of halogens is 1. The summed E-state index contributed by atoms with van der Waals surface area (Å²) in [6, 6.07) is 17.6. The monoisotopic (exact) mass is 363 g/mol. The van der Waals surface area contributed by atoms with Crippen LogP contribution in [0, 0.1) is 6.92 Å². The van der Waals surface area contributed by atoms with Gasteiger partial charge in [0.1, 0.15) is 13.6 Å².